The van der Waals surface area contributed by atoms with Gasteiger partial charge in [0.05, 0.1) is 0 Å². The summed E-state index contributed by atoms with van der Waals surface area (Å²) in [5.41, 5.74) is 0.704. The predicted molar refractivity (Wildman–Crippen MR) is 82.4 cm³/mol. The van der Waals surface area contributed by atoms with Crippen LogP contribution in [-0.2, 0) is 12.7 Å². The molecule has 3 rings (SSSR count). The molecule has 0 unspecified atom stereocenters. The van der Waals surface area contributed by atoms with Gasteiger partial charge in [0.25, 0.3) is 6.43 Å². The minimum absolute atomic E-state index is 0.135. The molecule has 0 saturated carbocycles. The van der Waals surface area contributed by atoms with Crippen molar-refractivity contribution in [3.05, 3.63) is 53.1 Å². The second kappa shape index (κ2) is 6.30. The first kappa shape index (κ1) is 17.1. The zero-order valence-corrected chi connectivity index (χ0v) is 13.0. The molecular formula is C16H13F5N4. The number of fused-ring (bicyclic) bond motifs is 1. The standard InChI is InChI=1S/C16H13F5N4/c1-8-5-22-12(14(17)18)4-11(8)23-6-9-2-10-3-13(16(19,20)21)25-15(10)24-7-9/h2-5,7,14H,6H2,1H3,(H,22,23)(H,24,25). The Morgan fingerprint density at radius 3 is 2.56 bits per heavy atom. The number of nitrogens with zero attached hydrogens (tertiary/aromatic N) is 2. The highest BCUT2D eigenvalue weighted by Crippen LogP contribution is 2.31. The number of aromatic nitrogens is 3. The summed E-state index contributed by atoms with van der Waals surface area (Å²) in [6.45, 7) is 1.94. The van der Waals surface area contributed by atoms with Crippen LogP contribution in [0.5, 0.6) is 0 Å². The van der Waals surface area contributed by atoms with E-state index in [1.807, 2.05) is 0 Å². The number of hydrogen-bond acceptors (Lipinski definition) is 3. The van der Waals surface area contributed by atoms with Crippen LogP contribution in [0, 0.1) is 6.92 Å². The molecule has 0 amide bonds. The van der Waals surface area contributed by atoms with Gasteiger partial charge in [0.2, 0.25) is 0 Å². The number of aryl methyl sites for hydroxylation is 1. The first-order chi connectivity index (χ1) is 11.7. The molecule has 0 aliphatic heterocycles. The Morgan fingerprint density at radius 2 is 1.88 bits per heavy atom. The van der Waals surface area contributed by atoms with Gasteiger partial charge in [-0.3, -0.25) is 4.98 Å². The van der Waals surface area contributed by atoms with Crippen molar-refractivity contribution in [3.63, 3.8) is 0 Å². The molecule has 0 fully saturated rings. The Bertz CT molecular complexity index is 901. The lowest BCUT2D eigenvalue weighted by atomic mass is 10.2. The third-order valence-electron chi connectivity index (χ3n) is 3.66. The Labute approximate surface area is 139 Å². The van der Waals surface area contributed by atoms with Crippen LogP contribution in [0.4, 0.5) is 27.6 Å². The van der Waals surface area contributed by atoms with E-state index in [0.717, 1.165) is 6.07 Å². The molecule has 3 heterocycles. The minimum atomic E-state index is -4.47. The number of hydrogen-bond donors (Lipinski definition) is 2. The smallest absolute Gasteiger partial charge is 0.381 e. The van der Waals surface area contributed by atoms with E-state index in [1.54, 1.807) is 13.0 Å². The maximum atomic E-state index is 12.7. The fourth-order valence-corrected chi connectivity index (χ4v) is 2.36. The first-order valence-corrected chi connectivity index (χ1v) is 7.27. The summed E-state index contributed by atoms with van der Waals surface area (Å²) < 4.78 is 63.6. The molecule has 9 heteroatoms. The molecule has 0 saturated heterocycles. The second-order valence-electron chi connectivity index (χ2n) is 5.54. The third kappa shape index (κ3) is 3.70. The van der Waals surface area contributed by atoms with Crippen LogP contribution in [0.1, 0.15) is 28.9 Å². The van der Waals surface area contributed by atoms with E-state index in [0.29, 0.717) is 22.2 Å². The fourth-order valence-electron chi connectivity index (χ4n) is 2.36. The molecule has 25 heavy (non-hydrogen) atoms. The van der Waals surface area contributed by atoms with E-state index in [2.05, 4.69) is 20.3 Å². The Kier molecular flexibility index (Phi) is 4.32. The Morgan fingerprint density at radius 1 is 1.12 bits per heavy atom. The van der Waals surface area contributed by atoms with Gasteiger partial charge in [-0.05, 0) is 36.2 Å². The molecule has 0 aromatic carbocycles. The highest BCUT2D eigenvalue weighted by molar-refractivity contribution is 5.77. The number of anilines is 1. The number of nitrogens with one attached hydrogen (secondary N) is 2. The number of H-pyrrole nitrogens is 1. The van der Waals surface area contributed by atoms with E-state index in [1.165, 1.54) is 18.5 Å². The maximum Gasteiger partial charge on any atom is 0.431 e. The molecule has 0 spiro atoms. The van der Waals surface area contributed by atoms with Gasteiger partial charge < -0.3 is 10.3 Å². The van der Waals surface area contributed by atoms with Crippen molar-refractivity contribution in [1.82, 2.24) is 15.0 Å². The highest BCUT2D eigenvalue weighted by atomic mass is 19.4. The molecule has 0 bridgehead atoms. The normalized spacial score (nSPS) is 12.1. The summed E-state index contributed by atoms with van der Waals surface area (Å²) in [6, 6.07) is 3.80. The second-order valence-corrected chi connectivity index (χ2v) is 5.54. The fraction of sp³-hybridized carbons (Fsp3) is 0.250. The molecule has 132 valence electrons. The third-order valence-corrected chi connectivity index (χ3v) is 3.66. The van der Waals surface area contributed by atoms with Crippen LogP contribution >= 0.6 is 0 Å². The van der Waals surface area contributed by atoms with Crippen LogP contribution in [0.15, 0.2) is 30.6 Å². The van der Waals surface area contributed by atoms with Crippen LogP contribution < -0.4 is 5.32 Å². The van der Waals surface area contributed by atoms with Crippen molar-refractivity contribution in [3.8, 4) is 0 Å². The summed E-state index contributed by atoms with van der Waals surface area (Å²) in [4.78, 5) is 9.83. The maximum absolute atomic E-state index is 12.7. The van der Waals surface area contributed by atoms with E-state index >= 15 is 0 Å². The van der Waals surface area contributed by atoms with Gasteiger partial charge in [-0.1, -0.05) is 0 Å². The van der Waals surface area contributed by atoms with E-state index in [-0.39, 0.29) is 17.9 Å². The van der Waals surface area contributed by atoms with Crippen molar-refractivity contribution in [2.75, 3.05) is 5.32 Å². The molecule has 4 nitrogen and oxygen atoms in total. The number of rotatable bonds is 4. The lowest BCUT2D eigenvalue weighted by Crippen LogP contribution is -2.04. The lowest BCUT2D eigenvalue weighted by molar-refractivity contribution is -0.140. The van der Waals surface area contributed by atoms with Gasteiger partial charge in [-0.15, -0.1) is 0 Å². The lowest BCUT2D eigenvalue weighted by Gasteiger charge is -2.11. The number of halogens is 5. The predicted octanol–water partition coefficient (Wildman–Crippen LogP) is 4.83. The van der Waals surface area contributed by atoms with Crippen LogP contribution in [0.3, 0.4) is 0 Å². The minimum Gasteiger partial charge on any atom is -0.381 e. The molecule has 3 aromatic rings. The number of pyridine rings is 2. The van der Waals surface area contributed by atoms with E-state index in [9.17, 15) is 22.0 Å². The van der Waals surface area contributed by atoms with E-state index in [4.69, 9.17) is 0 Å². The molecular weight excluding hydrogens is 343 g/mol. The van der Waals surface area contributed by atoms with Crippen molar-refractivity contribution in [2.24, 2.45) is 0 Å². The van der Waals surface area contributed by atoms with Crippen LogP contribution in [-0.4, -0.2) is 15.0 Å². The van der Waals surface area contributed by atoms with Crippen molar-refractivity contribution in [1.29, 1.82) is 0 Å². The Balaban J connectivity index is 1.81. The number of alkyl halides is 5. The highest BCUT2D eigenvalue weighted by Gasteiger charge is 2.32. The van der Waals surface area contributed by atoms with Crippen molar-refractivity contribution in [2.45, 2.75) is 26.1 Å². The summed E-state index contributed by atoms with van der Waals surface area (Å²) >= 11 is 0. The molecule has 0 aliphatic rings. The average molecular weight is 356 g/mol. The van der Waals surface area contributed by atoms with Crippen LogP contribution in [0.2, 0.25) is 0 Å². The zero-order chi connectivity index (χ0) is 18.2. The average Bonchev–Trinajstić information content (AvgIpc) is 2.97. The molecule has 0 aliphatic carbocycles. The molecule has 3 aromatic heterocycles. The summed E-state index contributed by atoms with van der Waals surface area (Å²) in [6.07, 6.45) is -4.39. The SMILES string of the molecule is Cc1cnc(C(F)F)cc1NCc1cnc2[nH]c(C(F)(F)F)cc2c1. The largest absolute Gasteiger partial charge is 0.431 e. The first-order valence-electron chi connectivity index (χ1n) is 7.27. The van der Waals surface area contributed by atoms with E-state index < -0.39 is 18.3 Å². The summed E-state index contributed by atoms with van der Waals surface area (Å²) in [5, 5.41) is 3.31. The van der Waals surface area contributed by atoms with Gasteiger partial charge in [0.1, 0.15) is 17.0 Å². The summed E-state index contributed by atoms with van der Waals surface area (Å²) in [7, 11) is 0. The topological polar surface area (TPSA) is 53.6 Å². The quantitative estimate of drug-likeness (QED) is 0.658. The van der Waals surface area contributed by atoms with Gasteiger partial charge >= 0.3 is 6.18 Å². The zero-order valence-electron chi connectivity index (χ0n) is 13.0. The summed E-state index contributed by atoms with van der Waals surface area (Å²) in [5.74, 6) is 0. The monoisotopic (exact) mass is 356 g/mol. The van der Waals surface area contributed by atoms with Gasteiger partial charge in [-0.2, -0.15) is 13.2 Å². The van der Waals surface area contributed by atoms with Gasteiger partial charge in [0, 0.05) is 30.0 Å². The van der Waals surface area contributed by atoms with Crippen molar-refractivity contribution >= 4 is 16.7 Å². The van der Waals surface area contributed by atoms with Crippen LogP contribution in [0.25, 0.3) is 11.0 Å². The molecule has 0 radical (unpaired) electrons. The van der Waals surface area contributed by atoms with Crippen molar-refractivity contribution < 1.29 is 22.0 Å². The Hall–Kier alpha value is -2.71. The number of aromatic amines is 1. The molecule has 0 atom stereocenters. The van der Waals surface area contributed by atoms with Gasteiger partial charge in [0.15, 0.2) is 0 Å². The molecule has 2 N–H and O–H groups in total. The van der Waals surface area contributed by atoms with Gasteiger partial charge in [-0.25, -0.2) is 13.8 Å².